The van der Waals surface area contributed by atoms with E-state index in [1.165, 1.54) is 0 Å². The van der Waals surface area contributed by atoms with E-state index in [0.717, 1.165) is 18.6 Å². The summed E-state index contributed by atoms with van der Waals surface area (Å²) in [6.45, 7) is 6.17. The molecule has 1 rings (SSSR count). The highest BCUT2D eigenvalue weighted by molar-refractivity contribution is 5.95. The molecule has 1 aromatic heterocycles. The topological polar surface area (TPSA) is 79.5 Å². The highest BCUT2D eigenvalue weighted by Gasteiger charge is 2.14. The zero-order chi connectivity index (χ0) is 15.1. The molecule has 1 atom stereocenters. The molecule has 0 bridgehead atoms. The van der Waals surface area contributed by atoms with E-state index in [1.807, 2.05) is 13.8 Å². The van der Waals surface area contributed by atoms with Crippen molar-refractivity contribution in [3.8, 4) is 0 Å². The number of aliphatic carboxylic acids is 1. The zero-order valence-corrected chi connectivity index (χ0v) is 12.4. The number of carbonyl (C=O) groups is 2. The standard InChI is InChI=1S/C15H23NO4/c1-4-12(5-6-14(17)18)7-8-16-15(19)13-9-10(2)20-11(13)3/h9,12H,4-8H2,1-3H3,(H,16,19)(H,17,18). The Morgan fingerprint density at radius 1 is 1.35 bits per heavy atom. The number of nitrogens with one attached hydrogen (secondary N) is 1. The van der Waals surface area contributed by atoms with Crippen LogP contribution in [0.4, 0.5) is 0 Å². The number of carboxylic acids is 1. The molecule has 0 aliphatic rings. The molecular formula is C15H23NO4. The average Bonchev–Trinajstić information content (AvgIpc) is 2.72. The van der Waals surface area contributed by atoms with Gasteiger partial charge in [0.1, 0.15) is 11.5 Å². The second-order valence-electron chi connectivity index (χ2n) is 5.08. The molecule has 5 heteroatoms. The van der Waals surface area contributed by atoms with Crippen molar-refractivity contribution in [1.82, 2.24) is 5.32 Å². The third-order valence-electron chi connectivity index (χ3n) is 3.47. The quantitative estimate of drug-likeness (QED) is 0.767. The van der Waals surface area contributed by atoms with Crippen molar-refractivity contribution in [2.45, 2.75) is 46.5 Å². The van der Waals surface area contributed by atoms with E-state index in [1.54, 1.807) is 13.0 Å². The Morgan fingerprint density at radius 3 is 2.55 bits per heavy atom. The number of aryl methyl sites for hydroxylation is 2. The Labute approximate surface area is 119 Å². The maximum Gasteiger partial charge on any atom is 0.303 e. The summed E-state index contributed by atoms with van der Waals surface area (Å²) < 4.78 is 5.32. The van der Waals surface area contributed by atoms with Crippen LogP contribution < -0.4 is 5.32 Å². The fourth-order valence-corrected chi connectivity index (χ4v) is 2.22. The maximum atomic E-state index is 11.9. The van der Waals surface area contributed by atoms with Gasteiger partial charge < -0.3 is 14.8 Å². The van der Waals surface area contributed by atoms with E-state index in [-0.39, 0.29) is 12.3 Å². The smallest absolute Gasteiger partial charge is 0.303 e. The predicted octanol–water partition coefficient (Wildman–Crippen LogP) is 2.91. The molecule has 0 saturated heterocycles. The van der Waals surface area contributed by atoms with Gasteiger partial charge in [0.2, 0.25) is 0 Å². The summed E-state index contributed by atoms with van der Waals surface area (Å²) >= 11 is 0. The number of furan rings is 1. The Morgan fingerprint density at radius 2 is 2.05 bits per heavy atom. The van der Waals surface area contributed by atoms with Crippen LogP contribution in [0.15, 0.2) is 10.5 Å². The number of hydrogen-bond acceptors (Lipinski definition) is 3. The molecule has 1 heterocycles. The summed E-state index contributed by atoms with van der Waals surface area (Å²) in [7, 11) is 0. The zero-order valence-electron chi connectivity index (χ0n) is 12.4. The Balaban J connectivity index is 2.37. The monoisotopic (exact) mass is 281 g/mol. The van der Waals surface area contributed by atoms with E-state index >= 15 is 0 Å². The van der Waals surface area contributed by atoms with Crippen molar-refractivity contribution in [2.24, 2.45) is 5.92 Å². The van der Waals surface area contributed by atoms with Crippen molar-refractivity contribution in [3.63, 3.8) is 0 Å². The summed E-state index contributed by atoms with van der Waals surface area (Å²) in [5, 5.41) is 11.5. The van der Waals surface area contributed by atoms with Crippen molar-refractivity contribution in [3.05, 3.63) is 23.2 Å². The molecular weight excluding hydrogens is 258 g/mol. The largest absolute Gasteiger partial charge is 0.481 e. The molecule has 0 saturated carbocycles. The van der Waals surface area contributed by atoms with Gasteiger partial charge in [-0.15, -0.1) is 0 Å². The molecule has 0 fully saturated rings. The van der Waals surface area contributed by atoms with Gasteiger partial charge in [-0.3, -0.25) is 9.59 Å². The van der Waals surface area contributed by atoms with Gasteiger partial charge in [-0.25, -0.2) is 0 Å². The summed E-state index contributed by atoms with van der Waals surface area (Å²) in [5.74, 6) is 0.779. The Hall–Kier alpha value is -1.78. The van der Waals surface area contributed by atoms with Gasteiger partial charge in [-0.2, -0.15) is 0 Å². The van der Waals surface area contributed by atoms with Crippen LogP contribution in [0.5, 0.6) is 0 Å². The molecule has 5 nitrogen and oxygen atoms in total. The summed E-state index contributed by atoms with van der Waals surface area (Å²) in [5.41, 5.74) is 0.570. The molecule has 0 aromatic carbocycles. The minimum Gasteiger partial charge on any atom is -0.481 e. The van der Waals surface area contributed by atoms with E-state index in [2.05, 4.69) is 5.32 Å². The van der Waals surface area contributed by atoms with Crippen LogP contribution >= 0.6 is 0 Å². The van der Waals surface area contributed by atoms with Crippen LogP contribution in [0, 0.1) is 19.8 Å². The lowest BCUT2D eigenvalue weighted by molar-refractivity contribution is -0.137. The molecule has 1 aromatic rings. The molecule has 112 valence electrons. The van der Waals surface area contributed by atoms with E-state index < -0.39 is 5.97 Å². The highest BCUT2D eigenvalue weighted by atomic mass is 16.4. The molecule has 0 aliphatic heterocycles. The van der Waals surface area contributed by atoms with Crippen molar-refractivity contribution < 1.29 is 19.1 Å². The van der Waals surface area contributed by atoms with Crippen LogP contribution in [-0.4, -0.2) is 23.5 Å². The van der Waals surface area contributed by atoms with Gasteiger partial charge >= 0.3 is 5.97 Å². The molecule has 2 N–H and O–H groups in total. The molecule has 1 amide bonds. The van der Waals surface area contributed by atoms with Gasteiger partial charge in [0.05, 0.1) is 5.56 Å². The summed E-state index contributed by atoms with van der Waals surface area (Å²) in [4.78, 5) is 22.5. The van der Waals surface area contributed by atoms with Gasteiger partial charge in [0.15, 0.2) is 0 Å². The van der Waals surface area contributed by atoms with Gasteiger partial charge in [0.25, 0.3) is 5.91 Å². The first kappa shape index (κ1) is 16.3. The molecule has 20 heavy (non-hydrogen) atoms. The van der Waals surface area contributed by atoms with E-state index in [0.29, 0.717) is 30.2 Å². The molecule has 1 unspecified atom stereocenters. The Kier molecular flexibility index (Phi) is 6.28. The number of carbonyl (C=O) groups excluding carboxylic acids is 1. The van der Waals surface area contributed by atoms with Crippen LogP contribution in [0.2, 0.25) is 0 Å². The number of amides is 1. The average molecular weight is 281 g/mol. The van der Waals surface area contributed by atoms with Crippen molar-refractivity contribution >= 4 is 11.9 Å². The van der Waals surface area contributed by atoms with Gasteiger partial charge in [-0.1, -0.05) is 13.3 Å². The van der Waals surface area contributed by atoms with E-state index in [4.69, 9.17) is 9.52 Å². The van der Waals surface area contributed by atoms with Crippen LogP contribution in [0.1, 0.15) is 54.5 Å². The lowest BCUT2D eigenvalue weighted by atomic mass is 9.96. The molecule has 0 aliphatic carbocycles. The predicted molar refractivity (Wildman–Crippen MR) is 75.8 cm³/mol. The van der Waals surface area contributed by atoms with Crippen molar-refractivity contribution in [1.29, 1.82) is 0 Å². The SMILES string of the molecule is CCC(CCNC(=O)c1cc(C)oc1C)CCC(=O)O. The first-order valence-electron chi connectivity index (χ1n) is 7.01. The highest BCUT2D eigenvalue weighted by Crippen LogP contribution is 2.16. The number of carboxylic acid groups (broad SMARTS) is 1. The van der Waals surface area contributed by atoms with Crippen LogP contribution in [0.3, 0.4) is 0 Å². The summed E-state index contributed by atoms with van der Waals surface area (Å²) in [6, 6.07) is 1.73. The maximum absolute atomic E-state index is 11.9. The summed E-state index contributed by atoms with van der Waals surface area (Å²) in [6.07, 6.45) is 2.57. The molecule has 0 spiro atoms. The lowest BCUT2D eigenvalue weighted by Gasteiger charge is -2.13. The Bertz CT molecular complexity index is 464. The van der Waals surface area contributed by atoms with Gasteiger partial charge in [0, 0.05) is 13.0 Å². The normalized spacial score (nSPS) is 12.2. The van der Waals surface area contributed by atoms with Gasteiger partial charge in [-0.05, 0) is 38.7 Å². The fourth-order valence-electron chi connectivity index (χ4n) is 2.22. The number of rotatable bonds is 8. The van der Waals surface area contributed by atoms with Crippen molar-refractivity contribution in [2.75, 3.05) is 6.54 Å². The third-order valence-corrected chi connectivity index (χ3v) is 3.47. The fraction of sp³-hybridized carbons (Fsp3) is 0.600. The minimum atomic E-state index is -0.767. The third kappa shape index (κ3) is 5.07. The minimum absolute atomic E-state index is 0.132. The van der Waals surface area contributed by atoms with Crippen LogP contribution in [0.25, 0.3) is 0 Å². The lowest BCUT2D eigenvalue weighted by Crippen LogP contribution is -2.26. The first-order valence-corrected chi connectivity index (χ1v) is 7.01. The van der Waals surface area contributed by atoms with E-state index in [9.17, 15) is 9.59 Å². The second kappa shape index (κ2) is 7.72. The second-order valence-corrected chi connectivity index (χ2v) is 5.08. The first-order chi connectivity index (χ1) is 9.43. The molecule has 0 radical (unpaired) electrons. The van der Waals surface area contributed by atoms with Crippen LogP contribution in [-0.2, 0) is 4.79 Å². The number of hydrogen-bond donors (Lipinski definition) is 2.